The number of aryl methyl sites for hydroxylation is 1. The Balaban J connectivity index is 3.03. The quantitative estimate of drug-likeness (QED) is 0.818. The molecule has 0 radical (unpaired) electrons. The molecule has 0 spiro atoms. The van der Waals surface area contributed by atoms with Gasteiger partial charge in [0.1, 0.15) is 5.75 Å². The molecule has 0 unspecified atom stereocenters. The van der Waals surface area contributed by atoms with E-state index in [0.29, 0.717) is 6.54 Å². The number of hydrogen-bond acceptors (Lipinski definition) is 4. The summed E-state index contributed by atoms with van der Waals surface area (Å²) in [5, 5.41) is 18.4. The molecule has 1 aromatic rings. The van der Waals surface area contributed by atoms with Crippen LogP contribution in [0.3, 0.4) is 0 Å². The van der Waals surface area contributed by atoms with Crippen LogP contribution >= 0.6 is 0 Å². The Hall–Kier alpha value is -1.10. The largest absolute Gasteiger partial charge is 0.496 e. The lowest BCUT2D eigenvalue weighted by Crippen LogP contribution is -2.37. The summed E-state index contributed by atoms with van der Waals surface area (Å²) >= 11 is 0. The maximum Gasteiger partial charge on any atom is 0.124 e. The van der Waals surface area contributed by atoms with Crippen molar-refractivity contribution >= 4 is 0 Å². The number of ether oxygens (including phenoxy) is 1. The van der Waals surface area contributed by atoms with Crippen LogP contribution in [0.15, 0.2) is 6.07 Å². The van der Waals surface area contributed by atoms with Crippen molar-refractivity contribution in [3.63, 3.8) is 0 Å². The Labute approximate surface area is 115 Å². The maximum atomic E-state index is 9.21. The van der Waals surface area contributed by atoms with Gasteiger partial charge < -0.3 is 14.9 Å². The third-order valence-electron chi connectivity index (χ3n) is 3.80. The van der Waals surface area contributed by atoms with Gasteiger partial charge in [0.15, 0.2) is 0 Å². The summed E-state index contributed by atoms with van der Waals surface area (Å²) in [7, 11) is 3.60. The molecule has 0 heterocycles. The van der Waals surface area contributed by atoms with Gasteiger partial charge >= 0.3 is 0 Å². The lowest BCUT2D eigenvalue weighted by atomic mass is 9.98. The molecule has 0 aromatic heterocycles. The number of aliphatic hydroxyl groups excluding tert-OH is 2. The summed E-state index contributed by atoms with van der Waals surface area (Å²) in [4.78, 5) is 1.97. The zero-order valence-electron chi connectivity index (χ0n) is 12.5. The van der Waals surface area contributed by atoms with E-state index in [0.717, 1.165) is 16.9 Å². The Morgan fingerprint density at radius 2 is 1.74 bits per heavy atom. The van der Waals surface area contributed by atoms with Crippen molar-refractivity contribution < 1.29 is 14.9 Å². The molecule has 0 saturated heterocycles. The molecule has 0 saturated carbocycles. The molecular weight excluding hydrogens is 242 g/mol. The van der Waals surface area contributed by atoms with E-state index in [4.69, 9.17) is 4.74 Å². The van der Waals surface area contributed by atoms with Crippen LogP contribution in [0.1, 0.15) is 22.3 Å². The number of methoxy groups -OCH3 is 1. The van der Waals surface area contributed by atoms with Gasteiger partial charge in [-0.25, -0.2) is 0 Å². The van der Waals surface area contributed by atoms with Gasteiger partial charge in [0.2, 0.25) is 0 Å². The van der Waals surface area contributed by atoms with Gasteiger partial charge in [-0.05, 0) is 50.1 Å². The van der Waals surface area contributed by atoms with Gasteiger partial charge in [-0.3, -0.25) is 4.90 Å². The van der Waals surface area contributed by atoms with E-state index in [1.807, 2.05) is 18.9 Å². The summed E-state index contributed by atoms with van der Waals surface area (Å²) in [5.41, 5.74) is 4.66. The van der Waals surface area contributed by atoms with E-state index in [9.17, 15) is 10.2 Å². The minimum Gasteiger partial charge on any atom is -0.496 e. The highest BCUT2D eigenvalue weighted by Gasteiger charge is 2.16. The minimum absolute atomic E-state index is 0.0415. The van der Waals surface area contributed by atoms with E-state index in [1.165, 1.54) is 11.1 Å². The van der Waals surface area contributed by atoms with Gasteiger partial charge in [0, 0.05) is 6.54 Å². The molecule has 0 fully saturated rings. The summed E-state index contributed by atoms with van der Waals surface area (Å²) in [6.45, 7) is 6.78. The first-order chi connectivity index (χ1) is 8.96. The Morgan fingerprint density at radius 1 is 1.16 bits per heavy atom. The van der Waals surface area contributed by atoms with Crippen LogP contribution in [0.5, 0.6) is 5.75 Å². The van der Waals surface area contributed by atoms with Gasteiger partial charge in [-0.15, -0.1) is 0 Å². The van der Waals surface area contributed by atoms with Crippen LogP contribution < -0.4 is 4.74 Å². The topological polar surface area (TPSA) is 52.9 Å². The van der Waals surface area contributed by atoms with Crippen molar-refractivity contribution in [3.8, 4) is 5.75 Å². The number of aliphatic hydroxyl groups is 2. The number of rotatable bonds is 6. The zero-order chi connectivity index (χ0) is 14.6. The first kappa shape index (κ1) is 16.0. The first-order valence-electron chi connectivity index (χ1n) is 6.51. The van der Waals surface area contributed by atoms with Crippen LogP contribution in [0, 0.1) is 20.8 Å². The number of benzene rings is 1. The monoisotopic (exact) mass is 267 g/mol. The van der Waals surface area contributed by atoms with Crippen LogP contribution in [0.4, 0.5) is 0 Å². The second kappa shape index (κ2) is 6.89. The highest BCUT2D eigenvalue weighted by atomic mass is 16.5. The molecule has 0 aliphatic carbocycles. The van der Waals surface area contributed by atoms with Crippen molar-refractivity contribution in [1.82, 2.24) is 4.90 Å². The van der Waals surface area contributed by atoms with Crippen molar-refractivity contribution in [2.24, 2.45) is 0 Å². The molecule has 0 aliphatic rings. The predicted octanol–water partition coefficient (Wildman–Crippen LogP) is 1.41. The molecule has 1 aromatic carbocycles. The van der Waals surface area contributed by atoms with Gasteiger partial charge in [0.25, 0.3) is 0 Å². The Morgan fingerprint density at radius 3 is 2.21 bits per heavy atom. The molecule has 0 aliphatic heterocycles. The van der Waals surface area contributed by atoms with Gasteiger partial charge in [0.05, 0.1) is 26.4 Å². The molecule has 4 nitrogen and oxygen atoms in total. The third kappa shape index (κ3) is 3.47. The van der Waals surface area contributed by atoms with E-state index in [1.54, 1.807) is 7.11 Å². The van der Waals surface area contributed by atoms with E-state index in [-0.39, 0.29) is 19.3 Å². The molecule has 108 valence electrons. The second-order valence-corrected chi connectivity index (χ2v) is 5.07. The van der Waals surface area contributed by atoms with Crippen molar-refractivity contribution in [2.75, 3.05) is 27.4 Å². The minimum atomic E-state index is -0.220. The van der Waals surface area contributed by atoms with Crippen LogP contribution in [0.2, 0.25) is 0 Å². The van der Waals surface area contributed by atoms with Gasteiger partial charge in [-0.2, -0.15) is 0 Å². The molecule has 0 atom stereocenters. The molecule has 19 heavy (non-hydrogen) atoms. The molecule has 2 N–H and O–H groups in total. The maximum absolute atomic E-state index is 9.21. The molecule has 1 rings (SSSR count). The lowest BCUT2D eigenvalue weighted by molar-refractivity contribution is 0.0872. The van der Waals surface area contributed by atoms with Crippen LogP contribution in [0.25, 0.3) is 0 Å². The fraction of sp³-hybridized carbons (Fsp3) is 0.600. The van der Waals surface area contributed by atoms with Gasteiger partial charge in [-0.1, -0.05) is 6.07 Å². The molecule has 0 amide bonds. The number of hydrogen-bond donors (Lipinski definition) is 2. The smallest absolute Gasteiger partial charge is 0.124 e. The summed E-state index contributed by atoms with van der Waals surface area (Å²) in [6, 6.07) is 1.89. The summed E-state index contributed by atoms with van der Waals surface area (Å²) in [6.07, 6.45) is 0. The van der Waals surface area contributed by atoms with Crippen molar-refractivity contribution in [1.29, 1.82) is 0 Å². The van der Waals surface area contributed by atoms with Crippen LogP contribution in [-0.2, 0) is 6.54 Å². The average Bonchev–Trinajstić information content (AvgIpc) is 2.37. The SMILES string of the molecule is COc1c(C)cc(CN(C)C(CO)CO)c(C)c1C. The first-order valence-corrected chi connectivity index (χ1v) is 6.51. The lowest BCUT2D eigenvalue weighted by Gasteiger charge is -2.26. The standard InChI is InChI=1S/C15H25NO3/c1-10-6-13(7-16(4)14(8-17)9-18)11(2)12(3)15(10)19-5/h6,14,17-18H,7-9H2,1-5H3. The fourth-order valence-electron chi connectivity index (χ4n) is 2.35. The highest BCUT2D eigenvalue weighted by molar-refractivity contribution is 5.48. The molecular formula is C15H25NO3. The Kier molecular flexibility index (Phi) is 5.79. The third-order valence-corrected chi connectivity index (χ3v) is 3.80. The van der Waals surface area contributed by atoms with Crippen molar-refractivity contribution in [2.45, 2.75) is 33.4 Å². The fourth-order valence-corrected chi connectivity index (χ4v) is 2.35. The molecule has 0 bridgehead atoms. The average molecular weight is 267 g/mol. The number of nitrogens with zero attached hydrogens (tertiary/aromatic N) is 1. The Bertz CT molecular complexity index is 428. The van der Waals surface area contributed by atoms with E-state index < -0.39 is 0 Å². The van der Waals surface area contributed by atoms with Crippen molar-refractivity contribution in [3.05, 3.63) is 28.3 Å². The predicted molar refractivity (Wildman–Crippen MR) is 76.6 cm³/mol. The second-order valence-electron chi connectivity index (χ2n) is 5.07. The summed E-state index contributed by atoms with van der Waals surface area (Å²) < 4.78 is 5.41. The number of likely N-dealkylation sites (N-methyl/N-ethyl adjacent to an activating group) is 1. The highest BCUT2D eigenvalue weighted by Crippen LogP contribution is 2.29. The summed E-state index contributed by atoms with van der Waals surface area (Å²) in [5.74, 6) is 0.935. The normalized spacial score (nSPS) is 11.4. The van der Waals surface area contributed by atoms with E-state index >= 15 is 0 Å². The molecule has 4 heteroatoms. The zero-order valence-corrected chi connectivity index (χ0v) is 12.5. The van der Waals surface area contributed by atoms with Crippen LogP contribution in [-0.4, -0.2) is 48.5 Å². The van der Waals surface area contributed by atoms with E-state index in [2.05, 4.69) is 19.9 Å².